The summed E-state index contributed by atoms with van der Waals surface area (Å²) in [4.78, 5) is 53.3. The Hall–Kier alpha value is -16.4. The number of benzene rings is 15. The van der Waals surface area contributed by atoms with Crippen LogP contribution in [0.25, 0.3) is 259 Å². The fourth-order valence-electron chi connectivity index (χ4n) is 18.6. The maximum atomic E-state index is 6.96. The van der Waals surface area contributed by atoms with E-state index >= 15 is 0 Å². The van der Waals surface area contributed by atoms with E-state index < -0.39 is 0 Å². The molecule has 126 heavy (non-hydrogen) atoms. The largest absolute Gasteiger partial charge is 0.456 e. The van der Waals surface area contributed by atoms with Crippen LogP contribution in [-0.4, -0.2) is 59.0 Å². The van der Waals surface area contributed by atoms with Gasteiger partial charge in [0.25, 0.3) is 0 Å². The lowest BCUT2D eigenvalue weighted by molar-refractivity contribution is 0.669. The molecule has 0 bridgehead atoms. The Labute approximate surface area is 726 Å². The first-order valence-electron chi connectivity index (χ1n) is 42.0. The van der Waals surface area contributed by atoms with Crippen LogP contribution in [0.5, 0.6) is 0 Å². The Kier molecular flexibility index (Phi) is 16.2. The summed E-state index contributed by atoms with van der Waals surface area (Å²) in [5.74, 6) is 4.42. The number of allylic oxidation sites excluding steroid dienone is 4. The molecule has 15 aromatic carbocycles. The van der Waals surface area contributed by atoms with Gasteiger partial charge in [-0.3, -0.25) is 0 Å². The molecule has 25 aromatic rings. The van der Waals surface area contributed by atoms with Crippen molar-refractivity contribution in [1.29, 1.82) is 0 Å². The SMILES string of the molecule is C1=CC(c2nc(-c3cccc4oc5cc(-c6nc(-c7ccc(-n8c9ccccc9c9ccccc98)cc7)nc(-c7cccc(-c8ccc9c(c8)c8ccccc8n9-c8ccc(-c9nc(-c%10ccccc%10)nc(-c%10ccc%11c(c%10)oc%10c(-c%12nc(-c%13ccccc%13)c%13sc%14ccccc%14c%13n%12)cccc%10%11)n9)cc8)c7)n6)ccc5c34)nc3c2sc2ccccc23)=CCC1. The minimum absolute atomic E-state index is 0.503. The molecule has 0 aliphatic heterocycles. The summed E-state index contributed by atoms with van der Waals surface area (Å²) < 4.78 is 23.0. The van der Waals surface area contributed by atoms with Gasteiger partial charge in [0.1, 0.15) is 22.3 Å². The van der Waals surface area contributed by atoms with Crippen LogP contribution in [0.1, 0.15) is 18.5 Å². The van der Waals surface area contributed by atoms with Gasteiger partial charge in [-0.15, -0.1) is 22.7 Å². The second-order valence-corrected chi connectivity index (χ2v) is 34.0. The first-order valence-corrected chi connectivity index (χ1v) is 43.7. The first-order chi connectivity index (χ1) is 62.4. The van der Waals surface area contributed by atoms with Crippen molar-refractivity contribution in [2.45, 2.75) is 12.8 Å². The van der Waals surface area contributed by atoms with Crippen molar-refractivity contribution >= 4 is 156 Å². The molecular weight excluding hydrogens is 1590 g/mol. The lowest BCUT2D eigenvalue weighted by atomic mass is 10.0. The Morgan fingerprint density at radius 2 is 0.683 bits per heavy atom. The minimum Gasteiger partial charge on any atom is -0.456 e. The van der Waals surface area contributed by atoms with E-state index in [1.54, 1.807) is 22.7 Å². The molecular formula is C110H64N12O2S2. The van der Waals surface area contributed by atoms with Gasteiger partial charge in [0, 0.05) is 119 Å². The molecule has 0 fully saturated rings. The summed E-state index contributed by atoms with van der Waals surface area (Å²) in [5, 5.41) is 10.6. The fourth-order valence-corrected chi connectivity index (χ4v) is 20.9. The predicted molar refractivity (Wildman–Crippen MR) is 514 cm³/mol. The topological polar surface area (TPSA) is 165 Å². The Bertz CT molecular complexity index is 8870. The Morgan fingerprint density at radius 3 is 1.29 bits per heavy atom. The molecule has 0 unspecified atom stereocenters. The standard InChI is InChI=1S/C110H64N12O2S2/c1-4-23-63(24-5-1)96-101-98(81-34-13-18-43-93(81)125-101)113-109(111-96)83-37-22-42-90-95(83)80-57-50-72(62-92(80)123-90)108-119-105(67-45-52-73(53-46-67)121-86-39-15-10-31-75(86)76-32-11-16-40-87(76)121)117-106(120-108)70-30-20-29-68(59-70)69-51-58-89-85(60-69)77-33-12-17-41-88(77)122(89)74-54-47-66(48-55-74)104-115-103(65-27-8-3-9-28-65)116-107(118-104)71-49-56-78-79-36-21-38-84(100(79)124-91(78)61-71)110-112-97(64-25-6-2-7-26-64)102-99(114-110)82-35-14-19-44-94(82)126-102/h2-4,6-62H,1,5H2. The quantitative estimate of drug-likeness (QED) is 0.107. The maximum Gasteiger partial charge on any atom is 0.164 e. The molecule has 0 spiro atoms. The number of nitrogens with zero attached hydrogens (tertiary/aromatic N) is 12. The van der Waals surface area contributed by atoms with E-state index in [2.05, 4.69) is 319 Å². The fraction of sp³-hybridized carbons (Fsp3) is 0.0182. The highest BCUT2D eigenvalue weighted by Crippen LogP contribution is 2.47. The van der Waals surface area contributed by atoms with Crippen LogP contribution in [-0.2, 0) is 0 Å². The third-order valence-electron chi connectivity index (χ3n) is 24.5. The molecule has 1 aliphatic rings. The van der Waals surface area contributed by atoms with Gasteiger partial charge in [0.05, 0.1) is 59.5 Å². The Balaban J connectivity index is 0.549. The molecule has 0 N–H and O–H groups in total. The van der Waals surface area contributed by atoms with Crippen LogP contribution in [0.2, 0.25) is 0 Å². The van der Waals surface area contributed by atoms with Gasteiger partial charge in [-0.2, -0.15) is 0 Å². The third-order valence-corrected chi connectivity index (χ3v) is 26.9. The highest BCUT2D eigenvalue weighted by molar-refractivity contribution is 7.26. The van der Waals surface area contributed by atoms with Crippen molar-refractivity contribution in [3.05, 3.63) is 370 Å². The van der Waals surface area contributed by atoms with Gasteiger partial charge < -0.3 is 18.0 Å². The Morgan fingerprint density at radius 1 is 0.254 bits per heavy atom. The first kappa shape index (κ1) is 71.3. The van der Waals surface area contributed by atoms with Gasteiger partial charge >= 0.3 is 0 Å². The molecule has 14 nitrogen and oxygen atoms in total. The number of hydrogen-bond acceptors (Lipinski definition) is 14. The van der Waals surface area contributed by atoms with Gasteiger partial charge in [-0.1, -0.05) is 231 Å². The van der Waals surface area contributed by atoms with Crippen LogP contribution in [0, 0.1) is 0 Å². The lowest BCUT2D eigenvalue weighted by Gasteiger charge is -2.12. The molecule has 16 heteroatoms. The second-order valence-electron chi connectivity index (χ2n) is 31.9. The van der Waals surface area contributed by atoms with Crippen LogP contribution in [0.3, 0.4) is 0 Å². The van der Waals surface area contributed by atoms with E-state index in [0.29, 0.717) is 63.3 Å². The zero-order valence-corrected chi connectivity index (χ0v) is 68.7. The van der Waals surface area contributed by atoms with Gasteiger partial charge in [0.2, 0.25) is 0 Å². The zero-order valence-electron chi connectivity index (χ0n) is 67.1. The maximum absolute atomic E-state index is 6.96. The molecule has 1 aliphatic carbocycles. The summed E-state index contributed by atoms with van der Waals surface area (Å²) in [6.07, 6.45) is 8.72. The predicted octanol–water partition coefficient (Wildman–Crippen LogP) is 28.8. The van der Waals surface area contributed by atoms with E-state index in [9.17, 15) is 0 Å². The minimum atomic E-state index is 0.503. The highest BCUT2D eigenvalue weighted by Gasteiger charge is 2.27. The molecule has 10 aromatic heterocycles. The summed E-state index contributed by atoms with van der Waals surface area (Å²) in [5.41, 5.74) is 23.8. The van der Waals surface area contributed by atoms with Gasteiger partial charge in [-0.05, 0) is 163 Å². The number of furan rings is 2. The molecule has 0 amide bonds. The number of para-hydroxylation sites is 4. The second kappa shape index (κ2) is 28.6. The number of rotatable bonds is 13. The van der Waals surface area contributed by atoms with Crippen molar-refractivity contribution in [2.75, 3.05) is 0 Å². The average molecular weight is 1650 g/mol. The normalized spacial score (nSPS) is 12.6. The molecule has 0 atom stereocenters. The number of thiophene rings is 2. The van der Waals surface area contributed by atoms with E-state index in [-0.39, 0.29) is 0 Å². The van der Waals surface area contributed by atoms with Crippen LogP contribution >= 0.6 is 22.7 Å². The monoisotopic (exact) mass is 1650 g/mol. The van der Waals surface area contributed by atoms with Crippen molar-refractivity contribution < 1.29 is 8.83 Å². The van der Waals surface area contributed by atoms with Crippen molar-refractivity contribution in [3.63, 3.8) is 0 Å². The van der Waals surface area contributed by atoms with Gasteiger partial charge in [0.15, 0.2) is 46.6 Å². The van der Waals surface area contributed by atoms with Crippen molar-refractivity contribution in [1.82, 2.24) is 59.0 Å². The lowest BCUT2D eigenvalue weighted by Crippen LogP contribution is -2.01. The average Bonchev–Trinajstić information content (AvgIpc) is 1.59. The number of fused-ring (bicyclic) bond motifs is 18. The molecule has 10 heterocycles. The zero-order chi connectivity index (χ0) is 82.6. The molecule has 0 saturated carbocycles. The van der Waals surface area contributed by atoms with Crippen LogP contribution < -0.4 is 0 Å². The molecule has 0 saturated heterocycles. The number of hydrogen-bond donors (Lipinski definition) is 0. The van der Waals surface area contributed by atoms with Crippen LogP contribution in [0.15, 0.2) is 373 Å². The summed E-state index contributed by atoms with van der Waals surface area (Å²) >= 11 is 3.47. The highest BCUT2D eigenvalue weighted by atomic mass is 32.1. The number of aromatic nitrogens is 12. The van der Waals surface area contributed by atoms with E-state index in [0.717, 1.165) is 198 Å². The van der Waals surface area contributed by atoms with Gasteiger partial charge in [-0.25, -0.2) is 49.8 Å². The van der Waals surface area contributed by atoms with E-state index in [4.69, 9.17) is 58.7 Å². The summed E-state index contributed by atoms with van der Waals surface area (Å²) in [6, 6.07) is 120. The smallest absolute Gasteiger partial charge is 0.164 e. The molecule has 588 valence electrons. The van der Waals surface area contributed by atoms with Crippen LogP contribution in [0.4, 0.5) is 0 Å². The van der Waals surface area contributed by atoms with E-state index in [1.165, 1.54) is 15.5 Å². The summed E-state index contributed by atoms with van der Waals surface area (Å²) in [6.45, 7) is 0. The summed E-state index contributed by atoms with van der Waals surface area (Å²) in [7, 11) is 0. The van der Waals surface area contributed by atoms with Crippen molar-refractivity contribution in [2.24, 2.45) is 0 Å². The molecule has 26 rings (SSSR count). The van der Waals surface area contributed by atoms with E-state index in [1.807, 2.05) is 54.6 Å². The molecule has 0 radical (unpaired) electrons. The van der Waals surface area contributed by atoms with Crippen molar-refractivity contribution in [3.8, 4) is 125 Å². The third kappa shape index (κ3) is 11.7.